The number of anilines is 1. The average molecular weight is 320 g/mol. The quantitative estimate of drug-likeness (QED) is 0.686. The second kappa shape index (κ2) is 10.6. The number of rotatable bonds is 9. The summed E-state index contributed by atoms with van der Waals surface area (Å²) in [7, 11) is 0. The molecule has 0 heterocycles. The Morgan fingerprint density at radius 1 is 1.13 bits per heavy atom. The third-order valence-electron chi connectivity index (χ3n) is 3.74. The second-order valence-electron chi connectivity index (χ2n) is 5.51. The van der Waals surface area contributed by atoms with Gasteiger partial charge in [-0.15, -0.1) is 0 Å². The van der Waals surface area contributed by atoms with Crippen LogP contribution in [-0.4, -0.2) is 25.0 Å². The fourth-order valence-corrected chi connectivity index (χ4v) is 2.29. The predicted octanol–water partition coefficient (Wildman–Crippen LogP) is 3.36. The zero-order chi connectivity index (χ0) is 17.1. The van der Waals surface area contributed by atoms with Gasteiger partial charge in [-0.1, -0.05) is 45.2 Å². The maximum absolute atomic E-state index is 12.0. The van der Waals surface area contributed by atoms with Gasteiger partial charge in [-0.25, -0.2) is 0 Å². The SMILES string of the molecule is CCCC[C@@H](CC)CNC(=O)C(=O)Nc1ccccc1OCC. The van der Waals surface area contributed by atoms with Crippen molar-refractivity contribution in [1.82, 2.24) is 5.32 Å². The van der Waals surface area contributed by atoms with Crippen molar-refractivity contribution < 1.29 is 14.3 Å². The van der Waals surface area contributed by atoms with Crippen LogP contribution in [0.4, 0.5) is 5.69 Å². The van der Waals surface area contributed by atoms with Gasteiger partial charge in [0.25, 0.3) is 0 Å². The van der Waals surface area contributed by atoms with Crippen molar-refractivity contribution in [2.45, 2.75) is 46.5 Å². The van der Waals surface area contributed by atoms with E-state index in [1.807, 2.05) is 13.0 Å². The van der Waals surface area contributed by atoms with Crippen molar-refractivity contribution in [3.63, 3.8) is 0 Å². The first-order valence-electron chi connectivity index (χ1n) is 8.43. The summed E-state index contributed by atoms with van der Waals surface area (Å²) in [4.78, 5) is 24.0. The number of carbonyl (C=O) groups excluding carboxylic acids is 2. The molecule has 5 nitrogen and oxygen atoms in total. The second-order valence-corrected chi connectivity index (χ2v) is 5.51. The van der Waals surface area contributed by atoms with E-state index in [1.54, 1.807) is 18.2 Å². The van der Waals surface area contributed by atoms with Crippen LogP contribution >= 0.6 is 0 Å². The molecule has 0 spiro atoms. The van der Waals surface area contributed by atoms with Crippen molar-refractivity contribution in [3.05, 3.63) is 24.3 Å². The maximum atomic E-state index is 12.0. The highest BCUT2D eigenvalue weighted by Gasteiger charge is 2.17. The van der Waals surface area contributed by atoms with Gasteiger partial charge in [-0.2, -0.15) is 0 Å². The third-order valence-corrected chi connectivity index (χ3v) is 3.74. The van der Waals surface area contributed by atoms with Crippen molar-refractivity contribution in [3.8, 4) is 5.75 Å². The lowest BCUT2D eigenvalue weighted by molar-refractivity contribution is -0.136. The van der Waals surface area contributed by atoms with Gasteiger partial charge in [0.05, 0.1) is 12.3 Å². The molecule has 1 rings (SSSR count). The number of unbranched alkanes of at least 4 members (excludes halogenated alkanes) is 1. The number of nitrogens with one attached hydrogen (secondary N) is 2. The molecule has 1 aromatic carbocycles. The molecule has 0 aliphatic rings. The number of para-hydroxylation sites is 2. The van der Waals surface area contributed by atoms with E-state index >= 15 is 0 Å². The molecule has 2 amide bonds. The Bertz CT molecular complexity index is 503. The first kappa shape index (κ1) is 19.0. The van der Waals surface area contributed by atoms with Gasteiger partial charge < -0.3 is 15.4 Å². The molecule has 0 aromatic heterocycles. The topological polar surface area (TPSA) is 67.4 Å². The van der Waals surface area contributed by atoms with Gasteiger partial charge in [-0.3, -0.25) is 9.59 Å². The van der Waals surface area contributed by atoms with Crippen molar-refractivity contribution >= 4 is 17.5 Å². The van der Waals surface area contributed by atoms with Gasteiger partial charge >= 0.3 is 11.8 Å². The monoisotopic (exact) mass is 320 g/mol. The van der Waals surface area contributed by atoms with Crippen LogP contribution in [0.5, 0.6) is 5.75 Å². The minimum atomic E-state index is -0.664. The molecule has 0 saturated heterocycles. The molecule has 5 heteroatoms. The molecule has 2 N–H and O–H groups in total. The van der Waals surface area contributed by atoms with Crippen LogP contribution in [0.15, 0.2) is 24.3 Å². The number of hydrogen-bond acceptors (Lipinski definition) is 3. The van der Waals surface area contributed by atoms with Crippen LogP contribution in [0.3, 0.4) is 0 Å². The summed E-state index contributed by atoms with van der Waals surface area (Å²) < 4.78 is 5.43. The number of amides is 2. The number of hydrogen-bond donors (Lipinski definition) is 2. The van der Waals surface area contributed by atoms with Crippen LogP contribution in [0.2, 0.25) is 0 Å². The van der Waals surface area contributed by atoms with Gasteiger partial charge in [0.15, 0.2) is 0 Å². The Hall–Kier alpha value is -2.04. The molecule has 0 saturated carbocycles. The van der Waals surface area contributed by atoms with E-state index < -0.39 is 11.8 Å². The van der Waals surface area contributed by atoms with Crippen LogP contribution in [0.25, 0.3) is 0 Å². The summed E-state index contributed by atoms with van der Waals surface area (Å²) in [5.41, 5.74) is 0.507. The minimum absolute atomic E-state index is 0.419. The summed E-state index contributed by atoms with van der Waals surface area (Å²) in [6.45, 7) is 7.15. The minimum Gasteiger partial charge on any atom is -0.492 e. The molecule has 0 aliphatic carbocycles. The van der Waals surface area contributed by atoms with Gasteiger partial charge in [0.2, 0.25) is 0 Å². The van der Waals surface area contributed by atoms with Crippen molar-refractivity contribution in [1.29, 1.82) is 0 Å². The smallest absolute Gasteiger partial charge is 0.313 e. The third kappa shape index (κ3) is 6.72. The highest BCUT2D eigenvalue weighted by molar-refractivity contribution is 6.39. The highest BCUT2D eigenvalue weighted by Crippen LogP contribution is 2.23. The van der Waals surface area contributed by atoms with E-state index in [0.717, 1.165) is 25.7 Å². The lowest BCUT2D eigenvalue weighted by Crippen LogP contribution is -2.38. The van der Waals surface area contributed by atoms with E-state index in [2.05, 4.69) is 24.5 Å². The molecule has 128 valence electrons. The van der Waals surface area contributed by atoms with E-state index in [-0.39, 0.29) is 0 Å². The van der Waals surface area contributed by atoms with E-state index in [9.17, 15) is 9.59 Å². The largest absolute Gasteiger partial charge is 0.492 e. The molecule has 0 radical (unpaired) electrons. The Kier molecular flexibility index (Phi) is 8.80. The Balaban J connectivity index is 2.52. The number of benzene rings is 1. The van der Waals surface area contributed by atoms with E-state index in [1.165, 1.54) is 0 Å². The molecular weight excluding hydrogens is 292 g/mol. The summed E-state index contributed by atoms with van der Waals surface area (Å²) in [5.74, 6) is -0.290. The van der Waals surface area contributed by atoms with Crippen LogP contribution in [-0.2, 0) is 9.59 Å². The number of carbonyl (C=O) groups is 2. The molecule has 1 atom stereocenters. The molecule has 0 unspecified atom stereocenters. The van der Waals surface area contributed by atoms with Gasteiger partial charge in [0.1, 0.15) is 5.75 Å². The summed E-state index contributed by atoms with van der Waals surface area (Å²) in [5, 5.41) is 5.33. The van der Waals surface area contributed by atoms with Crippen LogP contribution < -0.4 is 15.4 Å². The average Bonchev–Trinajstić information content (AvgIpc) is 2.56. The molecule has 0 aliphatic heterocycles. The molecule has 0 bridgehead atoms. The Morgan fingerprint density at radius 3 is 2.52 bits per heavy atom. The van der Waals surface area contributed by atoms with Crippen molar-refractivity contribution in [2.24, 2.45) is 5.92 Å². The van der Waals surface area contributed by atoms with Gasteiger partial charge in [-0.05, 0) is 31.4 Å². The highest BCUT2D eigenvalue weighted by atomic mass is 16.5. The lowest BCUT2D eigenvalue weighted by Gasteiger charge is -2.15. The molecule has 1 aromatic rings. The fourth-order valence-electron chi connectivity index (χ4n) is 2.29. The maximum Gasteiger partial charge on any atom is 0.313 e. The Morgan fingerprint density at radius 2 is 1.87 bits per heavy atom. The summed E-state index contributed by atoms with van der Waals surface area (Å²) >= 11 is 0. The predicted molar refractivity (Wildman–Crippen MR) is 92.6 cm³/mol. The van der Waals surface area contributed by atoms with E-state index in [4.69, 9.17) is 4.74 Å². The van der Waals surface area contributed by atoms with E-state index in [0.29, 0.717) is 30.5 Å². The fraction of sp³-hybridized carbons (Fsp3) is 0.556. The van der Waals surface area contributed by atoms with Crippen LogP contribution in [0.1, 0.15) is 46.5 Å². The standard InChI is InChI=1S/C18H28N2O3/c1-4-7-10-14(5-2)13-19-17(21)18(22)20-15-11-8-9-12-16(15)23-6-3/h8-9,11-12,14H,4-7,10,13H2,1-3H3,(H,19,21)(H,20,22)/t14-/m1/s1. The molecule has 0 fully saturated rings. The number of ether oxygens (including phenoxy) is 1. The zero-order valence-electron chi connectivity index (χ0n) is 14.4. The summed E-state index contributed by atoms with van der Waals surface area (Å²) in [6.07, 6.45) is 4.35. The van der Waals surface area contributed by atoms with Crippen molar-refractivity contribution in [2.75, 3.05) is 18.5 Å². The lowest BCUT2D eigenvalue weighted by atomic mass is 9.99. The molecular formula is C18H28N2O3. The first-order chi connectivity index (χ1) is 11.1. The summed E-state index contributed by atoms with van der Waals surface area (Å²) in [6, 6.07) is 7.08. The zero-order valence-corrected chi connectivity index (χ0v) is 14.4. The van der Waals surface area contributed by atoms with Gasteiger partial charge in [0, 0.05) is 6.54 Å². The Labute approximate surface area is 138 Å². The van der Waals surface area contributed by atoms with Crippen LogP contribution in [0, 0.1) is 5.92 Å². The molecule has 23 heavy (non-hydrogen) atoms. The first-order valence-corrected chi connectivity index (χ1v) is 8.43. The normalized spacial score (nSPS) is 11.6.